The number of nitrogens with zero attached hydrogens (tertiary/aromatic N) is 3. The van der Waals surface area contributed by atoms with Crippen molar-refractivity contribution < 1.29 is 27.4 Å². The van der Waals surface area contributed by atoms with Gasteiger partial charge in [-0.3, -0.25) is 0 Å². The fourth-order valence-corrected chi connectivity index (χ4v) is 3.44. The molecule has 2 aromatic heterocycles. The van der Waals surface area contributed by atoms with E-state index >= 15 is 0 Å². The van der Waals surface area contributed by atoms with Gasteiger partial charge in [-0.2, -0.15) is 13.2 Å². The van der Waals surface area contributed by atoms with Gasteiger partial charge in [0.05, 0.1) is 10.1 Å². The lowest BCUT2D eigenvalue weighted by molar-refractivity contribution is -0.207. The van der Waals surface area contributed by atoms with Gasteiger partial charge in [0.2, 0.25) is 6.79 Å². The molecule has 0 aliphatic carbocycles. The van der Waals surface area contributed by atoms with Crippen molar-refractivity contribution in [2.45, 2.75) is 19.6 Å². The lowest BCUT2D eigenvalue weighted by Crippen LogP contribution is -2.26. The van der Waals surface area contributed by atoms with Gasteiger partial charge in [-0.05, 0) is 41.6 Å². The summed E-state index contributed by atoms with van der Waals surface area (Å²) in [5.41, 5.74) is 0. The van der Waals surface area contributed by atoms with Crippen molar-refractivity contribution in [1.82, 2.24) is 9.97 Å². The van der Waals surface area contributed by atoms with E-state index in [1.54, 1.807) is 29.6 Å². The first kappa shape index (κ1) is 21.7. The van der Waals surface area contributed by atoms with Gasteiger partial charge in [0.25, 0.3) is 0 Å². The quantitative estimate of drug-likeness (QED) is 0.222. The standard InChI is InChI=1S/C15H12ClF3IN3O3S/c1-9(25-8-26-13(24)15(17,18)19)6-23(7-10-5-22-14(16)27-10)12-11(20)3-2-4-21-12/h2-6H,7-8H2,1H3/b9-6+. The molecule has 2 aromatic rings. The second-order valence-electron chi connectivity index (χ2n) is 4.95. The largest absolute Gasteiger partial charge is 0.491 e. The van der Waals surface area contributed by atoms with Gasteiger partial charge in [-0.1, -0.05) is 11.6 Å². The van der Waals surface area contributed by atoms with E-state index in [1.807, 2.05) is 6.07 Å². The third kappa shape index (κ3) is 6.81. The number of rotatable bonds is 7. The Bertz CT molecular complexity index is 832. The van der Waals surface area contributed by atoms with Crippen LogP contribution in [0, 0.1) is 3.57 Å². The normalized spacial score (nSPS) is 12.0. The maximum Gasteiger partial charge on any atom is 0.491 e. The maximum atomic E-state index is 12.1. The molecule has 146 valence electrons. The summed E-state index contributed by atoms with van der Waals surface area (Å²) in [5, 5.41) is 0. The minimum atomic E-state index is -5.07. The summed E-state index contributed by atoms with van der Waals surface area (Å²) < 4.78 is 46.7. The van der Waals surface area contributed by atoms with Crippen LogP contribution in [0.3, 0.4) is 0 Å². The lowest BCUT2D eigenvalue weighted by atomic mass is 10.4. The van der Waals surface area contributed by atoms with Crippen LogP contribution >= 0.6 is 45.5 Å². The lowest BCUT2D eigenvalue weighted by Gasteiger charge is -2.21. The molecule has 0 N–H and O–H groups in total. The number of carbonyl (C=O) groups is 1. The molecule has 2 heterocycles. The smallest absolute Gasteiger partial charge is 0.460 e. The number of alkyl halides is 3. The van der Waals surface area contributed by atoms with E-state index in [2.05, 4.69) is 37.3 Å². The fourth-order valence-electron chi connectivity index (χ4n) is 1.81. The highest BCUT2D eigenvalue weighted by Crippen LogP contribution is 2.26. The van der Waals surface area contributed by atoms with E-state index in [1.165, 1.54) is 18.3 Å². The molecular formula is C15H12ClF3IN3O3S. The van der Waals surface area contributed by atoms with Crippen molar-refractivity contribution in [2.75, 3.05) is 11.7 Å². The third-order valence-electron chi connectivity index (χ3n) is 2.91. The number of ether oxygens (including phenoxy) is 2. The Morgan fingerprint density at radius 3 is 2.74 bits per heavy atom. The van der Waals surface area contributed by atoms with Crippen molar-refractivity contribution >= 4 is 57.3 Å². The Morgan fingerprint density at radius 2 is 2.15 bits per heavy atom. The summed E-state index contributed by atoms with van der Waals surface area (Å²) >= 11 is 9.25. The van der Waals surface area contributed by atoms with E-state index in [0.717, 1.165) is 8.45 Å². The van der Waals surface area contributed by atoms with Crippen LogP contribution in [0.5, 0.6) is 0 Å². The molecule has 0 bridgehead atoms. The molecule has 27 heavy (non-hydrogen) atoms. The average Bonchev–Trinajstić information content (AvgIpc) is 2.98. The molecule has 2 rings (SSSR count). The third-order valence-corrected chi connectivity index (χ3v) is 4.85. The number of carbonyl (C=O) groups excluding carboxylic acids is 1. The van der Waals surface area contributed by atoms with Crippen LogP contribution in [0.1, 0.15) is 11.8 Å². The SMILES string of the molecule is C/C(=C\N(Cc1cnc(Cl)s1)c1ncccc1I)OCOC(=O)C(F)(F)F. The van der Waals surface area contributed by atoms with Crippen LogP contribution in [0.4, 0.5) is 19.0 Å². The second-order valence-corrected chi connectivity index (χ2v) is 7.81. The van der Waals surface area contributed by atoms with Gasteiger partial charge in [0.15, 0.2) is 4.47 Å². The zero-order valence-electron chi connectivity index (χ0n) is 13.7. The zero-order valence-corrected chi connectivity index (χ0v) is 17.4. The summed E-state index contributed by atoms with van der Waals surface area (Å²) in [7, 11) is 0. The van der Waals surface area contributed by atoms with Gasteiger partial charge >= 0.3 is 12.1 Å². The number of hydrogen-bond donors (Lipinski definition) is 0. The molecular weight excluding hydrogens is 522 g/mol. The van der Waals surface area contributed by atoms with Crippen molar-refractivity contribution in [3.8, 4) is 0 Å². The fraction of sp³-hybridized carbons (Fsp3) is 0.267. The number of anilines is 1. The molecule has 0 aromatic carbocycles. The Kier molecular flexibility index (Phi) is 7.68. The number of esters is 1. The summed E-state index contributed by atoms with van der Waals surface area (Å²) in [6, 6.07) is 3.63. The predicted molar refractivity (Wildman–Crippen MR) is 102 cm³/mol. The number of hydrogen-bond acceptors (Lipinski definition) is 7. The molecule has 0 aliphatic heterocycles. The molecule has 0 atom stereocenters. The summed E-state index contributed by atoms with van der Waals surface area (Å²) in [4.78, 5) is 21.5. The molecule has 12 heteroatoms. The highest BCUT2D eigenvalue weighted by molar-refractivity contribution is 14.1. The van der Waals surface area contributed by atoms with E-state index in [4.69, 9.17) is 16.3 Å². The molecule has 0 unspecified atom stereocenters. The summed E-state index contributed by atoms with van der Waals surface area (Å²) in [6.07, 6.45) is -0.299. The van der Waals surface area contributed by atoms with E-state index in [-0.39, 0.29) is 5.76 Å². The monoisotopic (exact) mass is 533 g/mol. The Morgan fingerprint density at radius 1 is 1.41 bits per heavy atom. The van der Waals surface area contributed by atoms with E-state index in [9.17, 15) is 18.0 Å². The molecule has 0 radical (unpaired) electrons. The first-order chi connectivity index (χ1) is 12.7. The van der Waals surface area contributed by atoms with Crippen LogP contribution < -0.4 is 4.90 Å². The van der Waals surface area contributed by atoms with Gasteiger partial charge in [-0.15, -0.1) is 11.3 Å². The maximum absolute atomic E-state index is 12.1. The second kappa shape index (κ2) is 9.55. The molecule has 6 nitrogen and oxygen atoms in total. The number of allylic oxidation sites excluding steroid dienone is 1. The Labute approximate surface area is 175 Å². The predicted octanol–water partition coefficient (Wildman–Crippen LogP) is 4.74. The summed E-state index contributed by atoms with van der Waals surface area (Å²) in [6.45, 7) is 1.02. The van der Waals surface area contributed by atoms with Crippen molar-refractivity contribution in [3.05, 3.63) is 49.4 Å². The molecule has 0 amide bonds. The van der Waals surface area contributed by atoms with Gasteiger partial charge in [0, 0.05) is 23.5 Å². The molecule has 0 aliphatic rings. The minimum Gasteiger partial charge on any atom is -0.460 e. The van der Waals surface area contributed by atoms with Crippen LogP contribution in [0.15, 0.2) is 36.5 Å². The van der Waals surface area contributed by atoms with Crippen molar-refractivity contribution in [1.29, 1.82) is 0 Å². The van der Waals surface area contributed by atoms with Crippen LogP contribution in [0.25, 0.3) is 0 Å². The Hall–Kier alpha value is -1.60. The minimum absolute atomic E-state index is 0.224. The topological polar surface area (TPSA) is 64.6 Å². The molecule has 0 saturated heterocycles. The van der Waals surface area contributed by atoms with E-state index in [0.29, 0.717) is 16.8 Å². The van der Waals surface area contributed by atoms with Gasteiger partial charge < -0.3 is 14.4 Å². The van der Waals surface area contributed by atoms with Gasteiger partial charge in [-0.25, -0.2) is 14.8 Å². The molecule has 0 saturated carbocycles. The van der Waals surface area contributed by atoms with Crippen LogP contribution in [-0.4, -0.2) is 28.9 Å². The zero-order chi connectivity index (χ0) is 20.0. The van der Waals surface area contributed by atoms with Crippen LogP contribution in [-0.2, 0) is 20.8 Å². The van der Waals surface area contributed by atoms with Crippen molar-refractivity contribution in [2.24, 2.45) is 0 Å². The van der Waals surface area contributed by atoms with Gasteiger partial charge in [0.1, 0.15) is 11.6 Å². The van der Waals surface area contributed by atoms with Crippen molar-refractivity contribution in [3.63, 3.8) is 0 Å². The number of thiazole rings is 1. The van der Waals surface area contributed by atoms with E-state index < -0.39 is 18.9 Å². The first-order valence-corrected chi connectivity index (χ1v) is 9.46. The summed E-state index contributed by atoms with van der Waals surface area (Å²) in [5.74, 6) is -1.48. The highest BCUT2D eigenvalue weighted by atomic mass is 127. The van der Waals surface area contributed by atoms with Crippen LogP contribution in [0.2, 0.25) is 4.47 Å². The molecule has 0 fully saturated rings. The number of aromatic nitrogens is 2. The Balaban J connectivity index is 2.11. The average molecular weight is 534 g/mol. The number of pyridine rings is 1. The first-order valence-electron chi connectivity index (χ1n) is 7.19. The molecule has 0 spiro atoms. The highest BCUT2D eigenvalue weighted by Gasteiger charge is 2.41. The number of halogens is 5.